The summed E-state index contributed by atoms with van der Waals surface area (Å²) in [5, 5.41) is 18.4. The van der Waals surface area contributed by atoms with Gasteiger partial charge in [-0.2, -0.15) is 4.98 Å². The number of aromatic nitrogens is 3. The molecule has 0 aliphatic carbocycles. The van der Waals surface area contributed by atoms with Crippen molar-refractivity contribution in [3.63, 3.8) is 0 Å². The molecular formula is C36H49FN8O4S. The van der Waals surface area contributed by atoms with Crippen LogP contribution in [-0.2, 0) is 14.6 Å². The first-order chi connectivity index (χ1) is 23.6. The van der Waals surface area contributed by atoms with E-state index in [9.17, 15) is 18.3 Å². The Bertz CT molecular complexity index is 1860. The molecule has 6 rings (SSSR count). The number of likely N-dealkylation sites (tertiary alicyclic amines) is 1. The quantitative estimate of drug-likeness (QED) is 0.253. The topological polar surface area (TPSA) is 144 Å². The van der Waals surface area contributed by atoms with Gasteiger partial charge in [-0.15, -0.1) is 0 Å². The molecule has 12 nitrogen and oxygen atoms in total. The summed E-state index contributed by atoms with van der Waals surface area (Å²) in [4.78, 5) is 32.7. The first kappa shape index (κ1) is 35.9. The Hall–Kier alpha value is -3.88. The maximum atomic E-state index is 15.5. The summed E-state index contributed by atoms with van der Waals surface area (Å²) in [6.07, 6.45) is 6.82. The number of aliphatic hydroxyl groups is 1. The number of alkyl halides is 1. The number of amides is 1. The molecule has 14 heteroatoms. The van der Waals surface area contributed by atoms with Gasteiger partial charge in [-0.3, -0.25) is 9.69 Å². The summed E-state index contributed by atoms with van der Waals surface area (Å²) >= 11 is 0. The molecule has 3 saturated heterocycles. The number of halogens is 1. The fraction of sp³-hybridized carbons (Fsp3) is 0.556. The van der Waals surface area contributed by atoms with E-state index in [4.69, 9.17) is 9.97 Å². The van der Waals surface area contributed by atoms with Crippen molar-refractivity contribution < 1.29 is 22.7 Å². The Labute approximate surface area is 294 Å². The van der Waals surface area contributed by atoms with Crippen LogP contribution in [-0.4, -0.2) is 108 Å². The van der Waals surface area contributed by atoms with E-state index in [1.165, 1.54) is 12.3 Å². The van der Waals surface area contributed by atoms with E-state index in [0.717, 1.165) is 22.0 Å². The van der Waals surface area contributed by atoms with Crippen LogP contribution in [0.4, 0.5) is 33.3 Å². The minimum atomic E-state index is -3.13. The molecule has 0 saturated carbocycles. The highest BCUT2D eigenvalue weighted by Crippen LogP contribution is 2.43. The SMILES string of the molecule is C=CC(=O)Nc1cc(N2C[C@H](CS(C)(=O)=O)[C@H]2C)c2cnc(Nc3ccnc(N4CC[C@@H](N5CCC(C)(O)CC5)[C@@H](F)C4)n3)cc2c1C(C)C. The molecular weight excluding hydrogens is 660 g/mol. The minimum absolute atomic E-state index is 0.00209. The Kier molecular flexibility index (Phi) is 10.1. The highest BCUT2D eigenvalue weighted by atomic mass is 32.2. The second-order valence-electron chi connectivity index (χ2n) is 14.8. The molecule has 3 fully saturated rings. The zero-order valence-corrected chi connectivity index (χ0v) is 30.4. The smallest absolute Gasteiger partial charge is 0.247 e. The van der Waals surface area contributed by atoms with Crippen LogP contribution in [0.15, 0.2) is 43.2 Å². The molecule has 3 N–H and O–H groups in total. The Morgan fingerprint density at radius 2 is 1.90 bits per heavy atom. The average Bonchev–Trinajstić information content (AvgIpc) is 3.05. The van der Waals surface area contributed by atoms with Gasteiger partial charge in [0.25, 0.3) is 0 Å². The van der Waals surface area contributed by atoms with Crippen LogP contribution >= 0.6 is 0 Å². The maximum absolute atomic E-state index is 15.5. The zero-order chi connectivity index (χ0) is 36.0. The predicted molar refractivity (Wildman–Crippen MR) is 197 cm³/mol. The normalized spacial score (nSPS) is 24.2. The second-order valence-corrected chi connectivity index (χ2v) is 17.0. The van der Waals surface area contributed by atoms with Gasteiger partial charge in [-0.05, 0) is 74.3 Å². The molecule has 1 amide bonds. The van der Waals surface area contributed by atoms with Gasteiger partial charge < -0.3 is 25.5 Å². The molecule has 0 radical (unpaired) electrons. The van der Waals surface area contributed by atoms with Crippen molar-refractivity contribution in [3.05, 3.63) is 48.8 Å². The van der Waals surface area contributed by atoms with Gasteiger partial charge in [0.05, 0.1) is 17.9 Å². The van der Waals surface area contributed by atoms with Crippen LogP contribution in [0.1, 0.15) is 58.4 Å². The van der Waals surface area contributed by atoms with Crippen molar-refractivity contribution in [2.45, 2.75) is 76.7 Å². The number of sulfone groups is 1. The van der Waals surface area contributed by atoms with Crippen LogP contribution in [0.25, 0.3) is 10.8 Å². The maximum Gasteiger partial charge on any atom is 0.247 e. The highest BCUT2D eigenvalue weighted by molar-refractivity contribution is 7.90. The van der Waals surface area contributed by atoms with Crippen LogP contribution in [0.5, 0.6) is 0 Å². The van der Waals surface area contributed by atoms with E-state index >= 15 is 4.39 Å². The number of anilines is 5. The summed E-state index contributed by atoms with van der Waals surface area (Å²) in [5.74, 6) is 1.32. The van der Waals surface area contributed by atoms with E-state index in [2.05, 4.69) is 45.8 Å². The summed E-state index contributed by atoms with van der Waals surface area (Å²) in [5.41, 5.74) is 1.78. The molecule has 4 atom stereocenters. The monoisotopic (exact) mass is 708 g/mol. The van der Waals surface area contributed by atoms with Crippen molar-refractivity contribution in [3.8, 4) is 0 Å². The third kappa shape index (κ3) is 7.71. The lowest BCUT2D eigenvalue weighted by atomic mass is 9.88. The molecule has 3 aliphatic rings. The number of carbonyl (C=O) groups is 1. The summed E-state index contributed by atoms with van der Waals surface area (Å²) in [6, 6.07) is 5.43. The number of carbonyl (C=O) groups excluding carboxylic acids is 1. The van der Waals surface area contributed by atoms with Crippen molar-refractivity contribution in [2.75, 3.05) is 65.2 Å². The molecule has 1 aromatic carbocycles. The molecule has 3 aliphatic heterocycles. The molecule has 270 valence electrons. The lowest BCUT2D eigenvalue weighted by Crippen LogP contribution is -2.57. The first-order valence-corrected chi connectivity index (χ1v) is 19.5. The van der Waals surface area contributed by atoms with Gasteiger partial charge in [-0.1, -0.05) is 20.4 Å². The molecule has 0 unspecified atom stereocenters. The molecule has 0 bridgehead atoms. The number of hydrogen-bond donors (Lipinski definition) is 3. The van der Waals surface area contributed by atoms with Crippen molar-refractivity contribution >= 4 is 55.5 Å². The van der Waals surface area contributed by atoms with E-state index in [1.807, 2.05) is 30.9 Å². The number of benzene rings is 1. The van der Waals surface area contributed by atoms with Gasteiger partial charge in [0.1, 0.15) is 27.6 Å². The second kappa shape index (κ2) is 14.0. The van der Waals surface area contributed by atoms with E-state index in [-0.39, 0.29) is 42.1 Å². The largest absolute Gasteiger partial charge is 0.390 e. The third-order valence-corrected chi connectivity index (χ3v) is 11.6. The third-order valence-electron chi connectivity index (χ3n) is 10.5. The van der Waals surface area contributed by atoms with Crippen molar-refractivity contribution in [1.29, 1.82) is 0 Å². The number of piperidine rings is 2. The predicted octanol–water partition coefficient (Wildman–Crippen LogP) is 4.65. The van der Waals surface area contributed by atoms with Gasteiger partial charge in [0, 0.05) is 79.6 Å². The van der Waals surface area contributed by atoms with Gasteiger partial charge in [0.15, 0.2) is 0 Å². The molecule has 2 aromatic heterocycles. The van der Waals surface area contributed by atoms with E-state index < -0.39 is 21.6 Å². The van der Waals surface area contributed by atoms with E-state index in [0.29, 0.717) is 68.7 Å². The molecule has 50 heavy (non-hydrogen) atoms. The van der Waals surface area contributed by atoms with Crippen LogP contribution in [0.2, 0.25) is 0 Å². The average molecular weight is 709 g/mol. The number of rotatable bonds is 10. The van der Waals surface area contributed by atoms with Crippen LogP contribution < -0.4 is 20.4 Å². The van der Waals surface area contributed by atoms with Crippen LogP contribution in [0.3, 0.4) is 0 Å². The van der Waals surface area contributed by atoms with Crippen LogP contribution in [0, 0.1) is 5.92 Å². The van der Waals surface area contributed by atoms with Gasteiger partial charge >= 0.3 is 0 Å². The standard InChI is InChI=1S/C36H49FN8O4S/c1-7-33(46)40-28-17-30(45-19-24(23(45)4)21-50(6,48)49)26-18-39-32(16-25(26)34(28)22(2)3)41-31-8-12-38-35(42-31)44-13-9-29(27(37)20-44)43-14-10-36(5,47)11-15-43/h7-8,12,16-18,22-24,27,29,47H,1,9-11,13-15,19-21H2,2-6H3,(H,40,46)(H,38,39,41,42)/t23-,24-,27+,29-/m1/s1. The summed E-state index contributed by atoms with van der Waals surface area (Å²) < 4.78 is 39.6. The Morgan fingerprint density at radius 1 is 1.16 bits per heavy atom. The van der Waals surface area contributed by atoms with Crippen molar-refractivity contribution in [1.82, 2.24) is 19.9 Å². The molecule has 3 aromatic rings. The fourth-order valence-corrected chi connectivity index (χ4v) is 8.81. The number of pyridine rings is 1. The molecule has 5 heterocycles. The highest BCUT2D eigenvalue weighted by Gasteiger charge is 2.40. The lowest BCUT2D eigenvalue weighted by molar-refractivity contribution is -0.111. The number of nitrogens with zero attached hydrogens (tertiary/aromatic N) is 6. The minimum Gasteiger partial charge on any atom is -0.390 e. The Morgan fingerprint density at radius 3 is 2.54 bits per heavy atom. The summed E-state index contributed by atoms with van der Waals surface area (Å²) in [7, 11) is -3.13. The summed E-state index contributed by atoms with van der Waals surface area (Å²) in [6.45, 7) is 14.4. The Balaban J connectivity index is 1.26. The van der Waals surface area contributed by atoms with E-state index in [1.54, 1.807) is 18.5 Å². The number of hydrogen-bond acceptors (Lipinski definition) is 11. The van der Waals surface area contributed by atoms with Crippen molar-refractivity contribution in [2.24, 2.45) is 5.92 Å². The first-order valence-electron chi connectivity index (χ1n) is 17.4. The molecule has 0 spiro atoms. The lowest BCUT2D eigenvalue weighted by Gasteiger charge is -2.48. The van der Waals surface area contributed by atoms with Gasteiger partial charge in [-0.25, -0.2) is 22.8 Å². The fourth-order valence-electron chi connectivity index (χ4n) is 7.65. The number of nitrogens with one attached hydrogen (secondary N) is 2. The number of fused-ring (bicyclic) bond motifs is 1. The zero-order valence-electron chi connectivity index (χ0n) is 29.6. The van der Waals surface area contributed by atoms with Gasteiger partial charge in [0.2, 0.25) is 11.9 Å².